The average Bonchev–Trinajstić information content (AvgIpc) is 3.04. The summed E-state index contributed by atoms with van der Waals surface area (Å²) < 4.78 is 12.1. The van der Waals surface area contributed by atoms with Gasteiger partial charge in [0.05, 0.1) is 19.0 Å². The second kappa shape index (κ2) is 9.98. The minimum Gasteiger partial charge on any atom is -0.497 e. The molecule has 0 spiro atoms. The maximum absolute atomic E-state index is 12.2. The molecule has 8 heteroatoms. The van der Waals surface area contributed by atoms with Crippen LogP contribution in [0.25, 0.3) is 11.4 Å². The third kappa shape index (κ3) is 5.09. The first-order valence-electron chi connectivity index (χ1n) is 8.22. The lowest BCUT2D eigenvalue weighted by atomic mass is 10.2. The Hall–Kier alpha value is -2.32. The SMILES string of the molecule is C=CCn1c(S[C@@H](C)C(=O)NCCOC)nnc1-c1ccc(OC)cc1. The zero-order valence-electron chi connectivity index (χ0n) is 15.3. The van der Waals surface area contributed by atoms with Crippen LogP contribution in [0.4, 0.5) is 0 Å². The number of ether oxygens (including phenoxy) is 2. The second-order valence-corrected chi connectivity index (χ2v) is 6.79. The van der Waals surface area contributed by atoms with E-state index in [-0.39, 0.29) is 11.2 Å². The number of carbonyl (C=O) groups is 1. The summed E-state index contributed by atoms with van der Waals surface area (Å²) in [6.45, 7) is 7.16. The molecule has 0 unspecified atom stereocenters. The smallest absolute Gasteiger partial charge is 0.233 e. The first-order valence-corrected chi connectivity index (χ1v) is 9.10. The summed E-state index contributed by atoms with van der Waals surface area (Å²) in [6, 6.07) is 7.61. The highest BCUT2D eigenvalue weighted by molar-refractivity contribution is 8.00. The van der Waals surface area contributed by atoms with Gasteiger partial charge in [-0.2, -0.15) is 0 Å². The Bertz CT molecular complexity index is 731. The predicted molar refractivity (Wildman–Crippen MR) is 102 cm³/mol. The van der Waals surface area contributed by atoms with Crippen molar-refractivity contribution in [3.63, 3.8) is 0 Å². The van der Waals surface area contributed by atoms with Gasteiger partial charge >= 0.3 is 0 Å². The van der Waals surface area contributed by atoms with Gasteiger partial charge in [-0.25, -0.2) is 0 Å². The Balaban J connectivity index is 2.17. The number of rotatable bonds is 10. The van der Waals surface area contributed by atoms with Crippen molar-refractivity contribution in [1.29, 1.82) is 0 Å². The molecule has 1 heterocycles. The summed E-state index contributed by atoms with van der Waals surface area (Å²) >= 11 is 1.36. The van der Waals surface area contributed by atoms with Crippen molar-refractivity contribution in [3.8, 4) is 17.1 Å². The largest absolute Gasteiger partial charge is 0.497 e. The number of allylic oxidation sites excluding steroid dienone is 1. The maximum atomic E-state index is 12.2. The molecule has 0 fully saturated rings. The monoisotopic (exact) mass is 376 g/mol. The molecule has 0 bridgehead atoms. The first-order chi connectivity index (χ1) is 12.6. The minimum atomic E-state index is -0.302. The van der Waals surface area contributed by atoms with Crippen LogP contribution in [0.15, 0.2) is 42.1 Å². The molecule has 1 amide bonds. The quantitative estimate of drug-likeness (QED) is 0.390. The molecule has 1 atom stereocenters. The van der Waals surface area contributed by atoms with Gasteiger partial charge in [0.2, 0.25) is 5.91 Å². The third-order valence-electron chi connectivity index (χ3n) is 3.63. The number of thioether (sulfide) groups is 1. The number of carbonyl (C=O) groups excluding carboxylic acids is 1. The van der Waals surface area contributed by atoms with E-state index in [1.54, 1.807) is 20.3 Å². The summed E-state index contributed by atoms with van der Waals surface area (Å²) in [7, 11) is 3.23. The Morgan fingerprint density at radius 3 is 2.69 bits per heavy atom. The number of amides is 1. The summed E-state index contributed by atoms with van der Waals surface area (Å²) in [5.74, 6) is 1.44. The van der Waals surface area contributed by atoms with Gasteiger partial charge in [-0.3, -0.25) is 9.36 Å². The van der Waals surface area contributed by atoms with Crippen LogP contribution in [0.5, 0.6) is 5.75 Å². The van der Waals surface area contributed by atoms with Crippen LogP contribution in [0.3, 0.4) is 0 Å². The minimum absolute atomic E-state index is 0.0637. The highest BCUT2D eigenvalue weighted by Crippen LogP contribution is 2.28. The van der Waals surface area contributed by atoms with Crippen molar-refractivity contribution >= 4 is 17.7 Å². The van der Waals surface area contributed by atoms with Crippen LogP contribution in [-0.4, -0.2) is 53.3 Å². The molecular weight excluding hydrogens is 352 g/mol. The molecule has 0 saturated heterocycles. The van der Waals surface area contributed by atoms with Crippen molar-refractivity contribution < 1.29 is 14.3 Å². The van der Waals surface area contributed by atoms with Gasteiger partial charge in [0, 0.05) is 25.8 Å². The molecule has 0 aliphatic rings. The van der Waals surface area contributed by atoms with Crippen LogP contribution < -0.4 is 10.1 Å². The van der Waals surface area contributed by atoms with Crippen LogP contribution >= 0.6 is 11.8 Å². The fourth-order valence-electron chi connectivity index (χ4n) is 2.25. The molecular formula is C18H24N4O3S. The third-order valence-corrected chi connectivity index (χ3v) is 4.71. The lowest BCUT2D eigenvalue weighted by Crippen LogP contribution is -2.33. The number of nitrogens with zero attached hydrogens (tertiary/aromatic N) is 3. The van der Waals surface area contributed by atoms with E-state index in [9.17, 15) is 4.79 Å². The normalized spacial score (nSPS) is 11.8. The Morgan fingerprint density at radius 1 is 1.35 bits per heavy atom. The van der Waals surface area contributed by atoms with Gasteiger partial charge in [0.25, 0.3) is 0 Å². The molecule has 1 aromatic carbocycles. The number of methoxy groups -OCH3 is 2. The molecule has 2 aromatic rings. The van der Waals surface area contributed by atoms with Crippen molar-refractivity contribution in [2.24, 2.45) is 0 Å². The van der Waals surface area contributed by atoms with Crippen molar-refractivity contribution in [2.75, 3.05) is 27.4 Å². The molecule has 0 saturated carbocycles. The molecule has 2 rings (SSSR count). The lowest BCUT2D eigenvalue weighted by Gasteiger charge is -2.13. The van der Waals surface area contributed by atoms with Gasteiger partial charge < -0.3 is 14.8 Å². The standard InChI is InChI=1S/C18H24N4O3S/c1-5-11-22-16(14-6-8-15(25-4)9-7-14)20-21-18(22)26-13(2)17(23)19-10-12-24-3/h5-9,13H,1,10-12H2,2-4H3,(H,19,23)/t13-/m0/s1. The highest BCUT2D eigenvalue weighted by atomic mass is 32.2. The number of hydrogen-bond acceptors (Lipinski definition) is 6. The number of aromatic nitrogens is 3. The number of hydrogen-bond donors (Lipinski definition) is 1. The molecule has 1 N–H and O–H groups in total. The van der Waals surface area contributed by atoms with E-state index in [4.69, 9.17) is 9.47 Å². The average molecular weight is 376 g/mol. The van der Waals surface area contributed by atoms with E-state index in [1.165, 1.54) is 11.8 Å². The fraction of sp³-hybridized carbons (Fsp3) is 0.389. The topological polar surface area (TPSA) is 78.3 Å². The Morgan fingerprint density at radius 2 is 2.08 bits per heavy atom. The van der Waals surface area contributed by atoms with E-state index < -0.39 is 0 Å². The molecule has 0 aliphatic heterocycles. The Kier molecular flexibility index (Phi) is 7.68. The van der Waals surface area contributed by atoms with Crippen LogP contribution in [0.2, 0.25) is 0 Å². The second-order valence-electron chi connectivity index (χ2n) is 5.48. The highest BCUT2D eigenvalue weighted by Gasteiger charge is 2.20. The number of benzene rings is 1. The fourth-order valence-corrected chi connectivity index (χ4v) is 3.14. The molecule has 1 aromatic heterocycles. The van der Waals surface area contributed by atoms with Crippen molar-refractivity contribution in [3.05, 3.63) is 36.9 Å². The van der Waals surface area contributed by atoms with Crippen LogP contribution in [-0.2, 0) is 16.1 Å². The van der Waals surface area contributed by atoms with Gasteiger partial charge in [0.1, 0.15) is 5.75 Å². The molecule has 0 radical (unpaired) electrons. The summed E-state index contributed by atoms with van der Waals surface area (Å²) in [4.78, 5) is 12.2. The van der Waals surface area contributed by atoms with Crippen LogP contribution in [0.1, 0.15) is 6.92 Å². The zero-order chi connectivity index (χ0) is 18.9. The molecule has 7 nitrogen and oxygen atoms in total. The first kappa shape index (κ1) is 20.0. The van der Waals surface area contributed by atoms with Crippen molar-refractivity contribution in [1.82, 2.24) is 20.1 Å². The molecule has 26 heavy (non-hydrogen) atoms. The number of nitrogens with one attached hydrogen (secondary N) is 1. The van der Waals surface area contributed by atoms with Crippen LogP contribution in [0, 0.1) is 0 Å². The summed E-state index contributed by atoms with van der Waals surface area (Å²) in [5.41, 5.74) is 0.921. The Labute approximate surface area is 157 Å². The van der Waals surface area contributed by atoms with E-state index in [2.05, 4.69) is 22.1 Å². The molecule has 0 aliphatic carbocycles. The maximum Gasteiger partial charge on any atom is 0.233 e. The summed E-state index contributed by atoms with van der Waals surface area (Å²) in [5, 5.41) is 11.8. The van der Waals surface area contributed by atoms with Gasteiger partial charge in [-0.15, -0.1) is 16.8 Å². The van der Waals surface area contributed by atoms with E-state index in [0.717, 1.165) is 17.1 Å². The van der Waals surface area contributed by atoms with Crippen molar-refractivity contribution in [2.45, 2.75) is 23.9 Å². The van der Waals surface area contributed by atoms with Gasteiger partial charge in [-0.05, 0) is 31.2 Å². The summed E-state index contributed by atoms with van der Waals surface area (Å²) in [6.07, 6.45) is 1.78. The van der Waals surface area contributed by atoms with E-state index in [1.807, 2.05) is 35.8 Å². The van der Waals surface area contributed by atoms with Gasteiger partial charge in [-0.1, -0.05) is 17.8 Å². The van der Waals surface area contributed by atoms with E-state index in [0.29, 0.717) is 24.9 Å². The lowest BCUT2D eigenvalue weighted by molar-refractivity contribution is -0.120. The zero-order valence-corrected chi connectivity index (χ0v) is 16.1. The predicted octanol–water partition coefficient (Wildman–Crippen LogP) is 2.38. The van der Waals surface area contributed by atoms with Gasteiger partial charge in [0.15, 0.2) is 11.0 Å². The van der Waals surface area contributed by atoms with E-state index >= 15 is 0 Å². The molecule has 140 valence electrons.